The molecule has 0 amide bonds. The Morgan fingerprint density at radius 3 is 2.73 bits per heavy atom. The second-order valence-electron chi connectivity index (χ2n) is 3.22. The summed E-state index contributed by atoms with van der Waals surface area (Å²) in [5, 5.41) is 8.81. The molecule has 0 atom stereocenters. The third-order valence-electron chi connectivity index (χ3n) is 2.29. The van der Waals surface area contributed by atoms with Crippen LogP contribution in [-0.4, -0.2) is 20.6 Å². The Labute approximate surface area is 90.8 Å². The number of carboxylic acid groups (broad SMARTS) is 1. The molecule has 0 aliphatic rings. The van der Waals surface area contributed by atoms with Gasteiger partial charge in [0.15, 0.2) is 0 Å². The first-order valence-corrected chi connectivity index (χ1v) is 5.23. The van der Waals surface area contributed by atoms with E-state index in [2.05, 4.69) is 4.98 Å². The standard InChI is InChI=1S/C10H10N2O2S/c1-6-11-5-7(12(6)2)8-3-4-9(15-8)10(13)14/h3-5H,1-2H3,(H,13,14). The summed E-state index contributed by atoms with van der Waals surface area (Å²) >= 11 is 1.26. The van der Waals surface area contributed by atoms with Crippen LogP contribution in [0.2, 0.25) is 0 Å². The number of rotatable bonds is 2. The molecule has 0 aliphatic carbocycles. The van der Waals surface area contributed by atoms with Crippen LogP contribution in [0.4, 0.5) is 0 Å². The normalized spacial score (nSPS) is 10.5. The molecule has 2 aromatic rings. The lowest BCUT2D eigenvalue weighted by molar-refractivity contribution is 0.0702. The van der Waals surface area contributed by atoms with Crippen molar-refractivity contribution < 1.29 is 9.90 Å². The van der Waals surface area contributed by atoms with Gasteiger partial charge in [0.25, 0.3) is 0 Å². The van der Waals surface area contributed by atoms with Crippen LogP contribution in [0.5, 0.6) is 0 Å². The number of carboxylic acids is 1. The Morgan fingerprint density at radius 1 is 1.53 bits per heavy atom. The molecule has 2 heterocycles. The van der Waals surface area contributed by atoms with Crippen molar-refractivity contribution in [3.63, 3.8) is 0 Å². The first-order chi connectivity index (χ1) is 7.09. The highest BCUT2D eigenvalue weighted by molar-refractivity contribution is 7.17. The van der Waals surface area contributed by atoms with E-state index in [9.17, 15) is 4.79 Å². The number of hydrogen-bond acceptors (Lipinski definition) is 3. The molecule has 78 valence electrons. The third kappa shape index (κ3) is 1.66. The monoisotopic (exact) mass is 222 g/mol. The van der Waals surface area contributed by atoms with Crippen molar-refractivity contribution in [1.82, 2.24) is 9.55 Å². The molecule has 2 aromatic heterocycles. The zero-order valence-electron chi connectivity index (χ0n) is 8.39. The zero-order valence-corrected chi connectivity index (χ0v) is 9.21. The maximum atomic E-state index is 10.7. The summed E-state index contributed by atoms with van der Waals surface area (Å²) in [6, 6.07) is 3.43. The van der Waals surface area contributed by atoms with Gasteiger partial charge in [-0.3, -0.25) is 0 Å². The van der Waals surface area contributed by atoms with Gasteiger partial charge in [0.1, 0.15) is 10.7 Å². The Morgan fingerprint density at radius 2 is 2.27 bits per heavy atom. The van der Waals surface area contributed by atoms with Gasteiger partial charge in [-0.05, 0) is 19.1 Å². The molecule has 4 nitrogen and oxygen atoms in total. The molecule has 0 unspecified atom stereocenters. The number of aromatic carboxylic acids is 1. The summed E-state index contributed by atoms with van der Waals surface area (Å²) < 4.78 is 1.94. The second-order valence-corrected chi connectivity index (χ2v) is 4.30. The number of nitrogens with zero attached hydrogens (tertiary/aromatic N) is 2. The Bertz CT molecular complexity index is 513. The molecule has 0 aromatic carbocycles. The first kappa shape index (κ1) is 9.92. The molecule has 0 fully saturated rings. The number of imidazole rings is 1. The van der Waals surface area contributed by atoms with Crippen LogP contribution >= 0.6 is 11.3 Å². The average molecular weight is 222 g/mol. The molecule has 0 spiro atoms. The summed E-state index contributed by atoms with van der Waals surface area (Å²) in [6.45, 7) is 1.91. The number of aromatic nitrogens is 2. The Balaban J connectivity index is 2.46. The molecule has 2 rings (SSSR count). The topological polar surface area (TPSA) is 55.1 Å². The van der Waals surface area contributed by atoms with Crippen LogP contribution in [0.25, 0.3) is 10.6 Å². The second kappa shape index (κ2) is 3.51. The Hall–Kier alpha value is -1.62. The molecule has 15 heavy (non-hydrogen) atoms. The minimum atomic E-state index is -0.884. The average Bonchev–Trinajstić information content (AvgIpc) is 2.76. The SMILES string of the molecule is Cc1ncc(-c2ccc(C(=O)O)s2)n1C. The lowest BCUT2D eigenvalue weighted by atomic mass is 10.3. The van der Waals surface area contributed by atoms with Crippen molar-refractivity contribution in [2.75, 3.05) is 0 Å². The van der Waals surface area contributed by atoms with Gasteiger partial charge in [0.2, 0.25) is 0 Å². The summed E-state index contributed by atoms with van der Waals surface area (Å²) in [6.07, 6.45) is 1.76. The maximum Gasteiger partial charge on any atom is 0.345 e. The van der Waals surface area contributed by atoms with Gasteiger partial charge in [-0.15, -0.1) is 11.3 Å². The molecule has 0 saturated heterocycles. The number of carbonyl (C=O) groups is 1. The van der Waals surface area contributed by atoms with E-state index >= 15 is 0 Å². The highest BCUT2D eigenvalue weighted by Gasteiger charge is 2.11. The minimum Gasteiger partial charge on any atom is -0.477 e. The van der Waals surface area contributed by atoms with Crippen molar-refractivity contribution in [2.45, 2.75) is 6.92 Å². The van der Waals surface area contributed by atoms with Gasteiger partial charge in [-0.25, -0.2) is 9.78 Å². The lowest BCUT2D eigenvalue weighted by Gasteiger charge is -1.99. The molecule has 0 radical (unpaired) electrons. The van der Waals surface area contributed by atoms with E-state index < -0.39 is 5.97 Å². The quantitative estimate of drug-likeness (QED) is 0.847. The van der Waals surface area contributed by atoms with E-state index in [1.165, 1.54) is 11.3 Å². The minimum absolute atomic E-state index is 0.351. The molecule has 0 aliphatic heterocycles. The van der Waals surface area contributed by atoms with Gasteiger partial charge in [-0.2, -0.15) is 0 Å². The van der Waals surface area contributed by atoms with Crippen molar-refractivity contribution in [2.24, 2.45) is 7.05 Å². The van der Waals surface area contributed by atoms with E-state index in [0.717, 1.165) is 16.4 Å². The van der Waals surface area contributed by atoms with Gasteiger partial charge >= 0.3 is 5.97 Å². The van der Waals surface area contributed by atoms with E-state index in [4.69, 9.17) is 5.11 Å². The fourth-order valence-electron chi connectivity index (χ4n) is 1.32. The third-order valence-corrected chi connectivity index (χ3v) is 3.39. The van der Waals surface area contributed by atoms with Gasteiger partial charge in [0.05, 0.1) is 16.8 Å². The predicted molar refractivity (Wildman–Crippen MR) is 58.2 cm³/mol. The van der Waals surface area contributed by atoms with Crippen LogP contribution in [0.3, 0.4) is 0 Å². The van der Waals surface area contributed by atoms with Crippen molar-refractivity contribution in [1.29, 1.82) is 0 Å². The molecule has 1 N–H and O–H groups in total. The van der Waals surface area contributed by atoms with Crippen molar-refractivity contribution in [3.05, 3.63) is 29.0 Å². The number of hydrogen-bond donors (Lipinski definition) is 1. The zero-order chi connectivity index (χ0) is 11.0. The number of aryl methyl sites for hydroxylation is 1. The summed E-state index contributed by atoms with van der Waals surface area (Å²) in [4.78, 5) is 16.2. The van der Waals surface area contributed by atoms with Gasteiger partial charge in [0, 0.05) is 7.05 Å². The van der Waals surface area contributed by atoms with E-state index in [0.29, 0.717) is 4.88 Å². The van der Waals surface area contributed by atoms with Gasteiger partial charge in [-0.1, -0.05) is 0 Å². The highest BCUT2D eigenvalue weighted by Crippen LogP contribution is 2.28. The molecular formula is C10H10N2O2S. The van der Waals surface area contributed by atoms with Crippen LogP contribution in [0.15, 0.2) is 18.3 Å². The molecule has 0 saturated carbocycles. The smallest absolute Gasteiger partial charge is 0.345 e. The van der Waals surface area contributed by atoms with Crippen LogP contribution < -0.4 is 0 Å². The van der Waals surface area contributed by atoms with Crippen LogP contribution in [-0.2, 0) is 7.05 Å². The van der Waals surface area contributed by atoms with Crippen molar-refractivity contribution >= 4 is 17.3 Å². The molecular weight excluding hydrogens is 212 g/mol. The Kier molecular flexibility index (Phi) is 2.32. The van der Waals surface area contributed by atoms with Gasteiger partial charge < -0.3 is 9.67 Å². The fourth-order valence-corrected chi connectivity index (χ4v) is 2.21. The fraction of sp³-hybridized carbons (Fsp3) is 0.200. The summed E-state index contributed by atoms with van der Waals surface area (Å²) in [5.41, 5.74) is 0.949. The summed E-state index contributed by atoms with van der Waals surface area (Å²) in [5.74, 6) is 0.0282. The molecule has 5 heteroatoms. The van der Waals surface area contributed by atoms with Crippen LogP contribution in [0, 0.1) is 6.92 Å². The number of thiophene rings is 1. The highest BCUT2D eigenvalue weighted by atomic mass is 32.1. The van der Waals surface area contributed by atoms with E-state index in [1.807, 2.05) is 24.6 Å². The maximum absolute atomic E-state index is 10.7. The molecule has 0 bridgehead atoms. The lowest BCUT2D eigenvalue weighted by Crippen LogP contribution is -1.92. The van der Waals surface area contributed by atoms with E-state index in [1.54, 1.807) is 12.3 Å². The predicted octanol–water partition coefficient (Wildman–Crippen LogP) is 2.16. The largest absolute Gasteiger partial charge is 0.477 e. The van der Waals surface area contributed by atoms with Crippen LogP contribution in [0.1, 0.15) is 15.5 Å². The first-order valence-electron chi connectivity index (χ1n) is 4.41. The summed E-state index contributed by atoms with van der Waals surface area (Å²) in [7, 11) is 1.91. The van der Waals surface area contributed by atoms with Crippen molar-refractivity contribution in [3.8, 4) is 10.6 Å². The van der Waals surface area contributed by atoms with E-state index in [-0.39, 0.29) is 0 Å².